The Morgan fingerprint density at radius 1 is 1.02 bits per heavy atom. The van der Waals surface area contributed by atoms with Crippen molar-refractivity contribution in [2.45, 2.75) is 57.5 Å². The first-order chi connectivity index (χ1) is 23.5. The van der Waals surface area contributed by atoms with E-state index in [1.807, 2.05) is 6.92 Å². The lowest BCUT2D eigenvalue weighted by molar-refractivity contribution is -0.143. The minimum absolute atomic E-state index is 0.00544. The first kappa shape index (κ1) is 37.3. The van der Waals surface area contributed by atoms with Gasteiger partial charge in [0.1, 0.15) is 5.75 Å². The fourth-order valence-electron chi connectivity index (χ4n) is 6.92. The Kier molecular flexibility index (Phi) is 10.9. The minimum Gasteiger partial charge on any atom is -0.507 e. The molecule has 2 heterocycles. The molecule has 1 fully saturated rings. The average Bonchev–Trinajstić information content (AvgIpc) is 3.31. The van der Waals surface area contributed by atoms with E-state index in [2.05, 4.69) is 20.9 Å². The molecule has 50 heavy (non-hydrogen) atoms. The number of aromatic hydroxyl groups is 1. The summed E-state index contributed by atoms with van der Waals surface area (Å²) < 4.78 is 82.7. The second-order valence-corrected chi connectivity index (χ2v) is 13.3. The molecule has 0 radical (unpaired) electrons. The third-order valence-corrected chi connectivity index (χ3v) is 9.62. The quantitative estimate of drug-likeness (QED) is 0.109. The maximum atomic E-state index is 13.9. The van der Waals surface area contributed by atoms with Gasteiger partial charge in [-0.15, -0.1) is 0 Å². The molecular weight excluding hydrogens is 734 g/mol. The van der Waals surface area contributed by atoms with E-state index in [1.165, 1.54) is 6.07 Å². The van der Waals surface area contributed by atoms with Crippen LogP contribution in [0, 0.1) is 17.8 Å². The summed E-state index contributed by atoms with van der Waals surface area (Å²) in [6.07, 6.45) is -7.23. The zero-order valence-electron chi connectivity index (χ0n) is 26.6. The van der Waals surface area contributed by atoms with Crippen molar-refractivity contribution in [3.63, 3.8) is 0 Å². The number of rotatable bonds is 10. The molecule has 2 aromatic carbocycles. The summed E-state index contributed by atoms with van der Waals surface area (Å²) in [6, 6.07) is 10.7. The number of phenolic OH excluding ortho intramolecular Hbond substituents is 1. The Bertz CT molecular complexity index is 1790. The van der Waals surface area contributed by atoms with Crippen LogP contribution in [0.5, 0.6) is 5.75 Å². The molecule has 0 unspecified atom stereocenters. The number of anilines is 1. The van der Waals surface area contributed by atoms with Gasteiger partial charge >= 0.3 is 12.4 Å². The van der Waals surface area contributed by atoms with Crippen LogP contribution in [-0.4, -0.2) is 44.8 Å². The monoisotopic (exact) mass is 766 g/mol. The van der Waals surface area contributed by atoms with Gasteiger partial charge in [-0.2, -0.15) is 26.3 Å². The van der Waals surface area contributed by atoms with Crippen molar-refractivity contribution < 1.29 is 51.3 Å². The molecule has 266 valence electrons. The predicted molar refractivity (Wildman–Crippen MR) is 176 cm³/mol. The van der Waals surface area contributed by atoms with Crippen LogP contribution in [0.2, 0.25) is 0 Å². The highest BCUT2D eigenvalue weighted by Gasteiger charge is 2.55. The largest absolute Gasteiger partial charge is 0.507 e. The number of allylic oxidation sites excluding steroid dienone is 2. The van der Waals surface area contributed by atoms with Crippen molar-refractivity contribution in [2.75, 3.05) is 11.5 Å². The molecule has 0 bridgehead atoms. The lowest BCUT2D eigenvalue weighted by Crippen LogP contribution is -2.39. The number of pyridine rings is 1. The van der Waals surface area contributed by atoms with E-state index < -0.39 is 71.4 Å². The van der Waals surface area contributed by atoms with Gasteiger partial charge in [0, 0.05) is 22.2 Å². The number of aromatic nitrogens is 1. The van der Waals surface area contributed by atoms with Gasteiger partial charge in [0.25, 0.3) is 0 Å². The predicted octanol–water partition coefficient (Wildman–Crippen LogP) is 8.18. The van der Waals surface area contributed by atoms with Gasteiger partial charge in [0.2, 0.25) is 11.8 Å². The van der Waals surface area contributed by atoms with Crippen LogP contribution in [0.3, 0.4) is 0 Å². The smallest absolute Gasteiger partial charge is 0.416 e. The van der Waals surface area contributed by atoms with Crippen molar-refractivity contribution >= 4 is 45.1 Å². The number of imide groups is 1. The Labute approximate surface area is 292 Å². The summed E-state index contributed by atoms with van der Waals surface area (Å²) in [6.45, 7) is 1.14. The first-order valence-corrected chi connectivity index (χ1v) is 16.6. The Morgan fingerprint density at radius 3 is 2.28 bits per heavy atom. The lowest BCUT2D eigenvalue weighted by atomic mass is 9.67. The number of carbonyl (C=O) groups excluding carboxylic acids is 2. The van der Waals surface area contributed by atoms with Crippen molar-refractivity contribution in [1.29, 1.82) is 0 Å². The Hall–Kier alpha value is -4.01. The average molecular weight is 768 g/mol. The van der Waals surface area contributed by atoms with Crippen LogP contribution in [0.1, 0.15) is 61.4 Å². The number of amides is 2. The molecule has 4 atom stereocenters. The Morgan fingerprint density at radius 2 is 1.70 bits per heavy atom. The molecule has 1 aliphatic heterocycles. The summed E-state index contributed by atoms with van der Waals surface area (Å²) >= 11 is 3.39. The van der Waals surface area contributed by atoms with Crippen molar-refractivity contribution in [2.24, 2.45) is 17.8 Å². The van der Waals surface area contributed by atoms with E-state index in [0.29, 0.717) is 62.3 Å². The van der Waals surface area contributed by atoms with E-state index in [0.717, 1.165) is 0 Å². The van der Waals surface area contributed by atoms with Gasteiger partial charge in [-0.05, 0) is 91.4 Å². The number of phenols is 1. The van der Waals surface area contributed by atoms with E-state index >= 15 is 0 Å². The van der Waals surface area contributed by atoms with Crippen LogP contribution in [0.15, 0.2) is 76.4 Å². The number of hydrogen-bond acceptors (Lipinski definition) is 6. The number of fused-ring (bicyclic) bond motifs is 1. The molecule has 3 aromatic rings. The minimum atomic E-state index is -5.20. The van der Waals surface area contributed by atoms with Gasteiger partial charge in [-0.3, -0.25) is 14.6 Å². The molecule has 0 spiro atoms. The van der Waals surface area contributed by atoms with E-state index in [4.69, 9.17) is 0 Å². The molecule has 3 N–H and O–H groups in total. The maximum absolute atomic E-state index is 13.9. The second kappa shape index (κ2) is 14.7. The second-order valence-electron chi connectivity index (χ2n) is 12.4. The highest BCUT2D eigenvalue weighted by atomic mass is 79.9. The highest BCUT2D eigenvalue weighted by Crippen LogP contribution is 2.49. The van der Waals surface area contributed by atoms with Crippen LogP contribution in [-0.2, 0) is 21.9 Å². The van der Waals surface area contributed by atoms with E-state index in [1.54, 1.807) is 42.6 Å². The van der Waals surface area contributed by atoms with Crippen molar-refractivity contribution in [3.8, 4) is 5.75 Å². The lowest BCUT2D eigenvalue weighted by Gasteiger charge is -2.36. The fourth-order valence-corrected chi connectivity index (χ4v) is 7.30. The van der Waals surface area contributed by atoms with Crippen molar-refractivity contribution in [3.05, 3.63) is 98.8 Å². The van der Waals surface area contributed by atoms with Gasteiger partial charge in [-0.25, -0.2) is 4.90 Å². The van der Waals surface area contributed by atoms with Gasteiger partial charge < -0.3 is 15.3 Å². The zero-order chi connectivity index (χ0) is 36.5. The number of aliphatic hydroxyl groups excluding tert-OH is 2. The number of halogens is 7. The number of carbonyl (C=O) groups is 2. The van der Waals surface area contributed by atoms with Gasteiger partial charge in [-0.1, -0.05) is 40.9 Å². The molecule has 2 aliphatic rings. The molecule has 1 saturated heterocycles. The standard InChI is InChI=1S/C36H33BrF6N2O5/c1-2-5-20-14-26-32(34(50)45(33(26)49)25-16-22(35(38,39)40)15-23(17-25)36(41,42)43)27(18-46)31(20)30(48)9-7-19(28-6-3-4-11-44-28)12-21-13-24(37)8-10-29(21)47/h3-4,6,8,10-13,15-17,26-27,30,32,46-48H,2,5,7,9,14,18H2,1H3/b19-12-/t26-,27+,30-,32-/m1/s1. The SMILES string of the molecule is CCCC1=C([C@H](O)CC/C(=C/c2cc(Br)ccc2O)c2ccccn2)[C@H](CO)[C@@H]2C(=O)N(c3cc(C(F)(F)F)cc(C(F)(F)F)c3)C(=O)[C@@H]2C1. The normalized spacial score (nSPS) is 20.8. The summed E-state index contributed by atoms with van der Waals surface area (Å²) in [4.78, 5) is 32.3. The van der Waals surface area contributed by atoms with Crippen LogP contribution < -0.4 is 4.90 Å². The number of nitrogens with zero attached hydrogens (tertiary/aromatic N) is 2. The van der Waals surface area contributed by atoms with Gasteiger partial charge in [0.15, 0.2) is 0 Å². The van der Waals surface area contributed by atoms with Crippen LogP contribution >= 0.6 is 15.9 Å². The third-order valence-electron chi connectivity index (χ3n) is 9.12. The summed E-state index contributed by atoms with van der Waals surface area (Å²) in [5.74, 6) is -5.63. The van der Waals surface area contributed by atoms with E-state index in [9.17, 15) is 51.3 Å². The Balaban J connectivity index is 1.50. The van der Waals surface area contributed by atoms with Gasteiger partial charge in [0.05, 0.1) is 47.1 Å². The molecule has 1 aromatic heterocycles. The molecule has 7 nitrogen and oxygen atoms in total. The topological polar surface area (TPSA) is 111 Å². The molecule has 0 saturated carbocycles. The number of aliphatic hydroxyl groups is 2. The highest BCUT2D eigenvalue weighted by molar-refractivity contribution is 9.10. The summed E-state index contributed by atoms with van der Waals surface area (Å²) in [5, 5.41) is 32.8. The third kappa shape index (κ3) is 7.66. The summed E-state index contributed by atoms with van der Waals surface area (Å²) in [5.41, 5.74) is -1.61. The summed E-state index contributed by atoms with van der Waals surface area (Å²) in [7, 11) is 0. The van der Waals surface area contributed by atoms with Crippen LogP contribution in [0.25, 0.3) is 11.6 Å². The number of hydrogen-bond donors (Lipinski definition) is 3. The molecule has 1 aliphatic carbocycles. The van der Waals surface area contributed by atoms with Crippen molar-refractivity contribution in [1.82, 2.24) is 4.98 Å². The molecular formula is C36H33BrF6N2O5. The van der Waals surface area contributed by atoms with E-state index in [-0.39, 0.29) is 31.1 Å². The maximum Gasteiger partial charge on any atom is 0.416 e. The van der Waals surface area contributed by atoms with Crippen LogP contribution in [0.4, 0.5) is 32.0 Å². The fraction of sp³-hybridized carbons (Fsp3) is 0.361. The number of alkyl halides is 6. The number of benzene rings is 2. The molecule has 2 amide bonds. The molecule has 14 heteroatoms. The first-order valence-electron chi connectivity index (χ1n) is 15.8. The molecule has 5 rings (SSSR count). The zero-order valence-corrected chi connectivity index (χ0v) is 28.2.